The van der Waals surface area contributed by atoms with E-state index in [1.807, 2.05) is 26.0 Å². The number of nitrogens with one attached hydrogen (secondary N) is 1. The van der Waals surface area contributed by atoms with Gasteiger partial charge in [-0.25, -0.2) is 13.1 Å². The Hall–Kier alpha value is -1.27. The van der Waals surface area contributed by atoms with Gasteiger partial charge in [0.2, 0.25) is 10.0 Å². The predicted octanol–water partition coefficient (Wildman–Crippen LogP) is 1.88. The van der Waals surface area contributed by atoms with Gasteiger partial charge in [-0.1, -0.05) is 6.92 Å². The average molecular weight is 301 g/mol. The molecule has 0 saturated heterocycles. The van der Waals surface area contributed by atoms with Crippen LogP contribution < -0.4 is 14.2 Å². The fraction of sp³-hybridized carbons (Fsp3) is 0.571. The van der Waals surface area contributed by atoms with E-state index in [-0.39, 0.29) is 5.75 Å². The molecule has 5 nitrogen and oxygen atoms in total. The molecule has 0 fully saturated rings. The van der Waals surface area contributed by atoms with Gasteiger partial charge in [0, 0.05) is 6.54 Å². The molecule has 20 heavy (non-hydrogen) atoms. The van der Waals surface area contributed by atoms with Crippen molar-refractivity contribution in [3.05, 3.63) is 23.3 Å². The molecule has 0 aliphatic carbocycles. The average Bonchev–Trinajstić information content (AvgIpc) is 2.39. The Morgan fingerprint density at radius 3 is 2.30 bits per heavy atom. The van der Waals surface area contributed by atoms with Crippen LogP contribution >= 0.6 is 0 Å². The molecule has 1 aromatic carbocycles. The minimum absolute atomic E-state index is 0.165. The molecular formula is C14H23NO4S. The standard InChI is InChI=1S/C14H23NO4S/c1-5-8-20(16,17)15-7-6-12-10-14(19-4)13(18-3)9-11(12)2/h9-10,15H,5-8H2,1-4H3. The highest BCUT2D eigenvalue weighted by Gasteiger charge is 2.11. The van der Waals surface area contributed by atoms with E-state index in [1.165, 1.54) is 0 Å². The quantitative estimate of drug-likeness (QED) is 0.796. The van der Waals surface area contributed by atoms with Crippen molar-refractivity contribution >= 4 is 10.0 Å². The van der Waals surface area contributed by atoms with Crippen LogP contribution in [0.2, 0.25) is 0 Å². The Labute approximate surface area is 121 Å². The molecule has 0 saturated carbocycles. The number of benzene rings is 1. The van der Waals surface area contributed by atoms with Gasteiger partial charge in [0.15, 0.2) is 11.5 Å². The van der Waals surface area contributed by atoms with Crippen molar-refractivity contribution in [1.29, 1.82) is 0 Å². The molecule has 0 bridgehead atoms. The van der Waals surface area contributed by atoms with Crippen LogP contribution in [0.4, 0.5) is 0 Å². The molecular weight excluding hydrogens is 278 g/mol. The summed E-state index contributed by atoms with van der Waals surface area (Å²) in [5.41, 5.74) is 2.10. The summed E-state index contributed by atoms with van der Waals surface area (Å²) < 4.78 is 36.2. The number of sulfonamides is 1. The van der Waals surface area contributed by atoms with Gasteiger partial charge in [0.25, 0.3) is 0 Å². The van der Waals surface area contributed by atoms with Gasteiger partial charge in [-0.3, -0.25) is 0 Å². The highest BCUT2D eigenvalue weighted by Crippen LogP contribution is 2.30. The van der Waals surface area contributed by atoms with E-state index in [2.05, 4.69) is 4.72 Å². The van der Waals surface area contributed by atoms with Gasteiger partial charge in [-0.2, -0.15) is 0 Å². The summed E-state index contributed by atoms with van der Waals surface area (Å²) in [4.78, 5) is 0. The first kappa shape index (κ1) is 16.8. The second-order valence-corrected chi connectivity index (χ2v) is 6.52. The fourth-order valence-electron chi connectivity index (χ4n) is 1.97. The van der Waals surface area contributed by atoms with Crippen LogP contribution in [0.5, 0.6) is 11.5 Å². The van der Waals surface area contributed by atoms with Crippen LogP contribution in [0.1, 0.15) is 24.5 Å². The second-order valence-electron chi connectivity index (χ2n) is 4.60. The summed E-state index contributed by atoms with van der Waals surface area (Å²) in [5, 5.41) is 0. The molecule has 1 N–H and O–H groups in total. The highest BCUT2D eigenvalue weighted by atomic mass is 32.2. The minimum Gasteiger partial charge on any atom is -0.493 e. The lowest BCUT2D eigenvalue weighted by molar-refractivity contribution is 0.354. The molecule has 1 rings (SSSR count). The minimum atomic E-state index is -3.15. The molecule has 0 aliphatic rings. The van der Waals surface area contributed by atoms with Crippen molar-refractivity contribution in [2.45, 2.75) is 26.7 Å². The SMILES string of the molecule is CCCS(=O)(=O)NCCc1cc(OC)c(OC)cc1C. The van der Waals surface area contributed by atoms with E-state index >= 15 is 0 Å². The van der Waals surface area contributed by atoms with Gasteiger partial charge in [0.1, 0.15) is 0 Å². The first-order valence-corrected chi connectivity index (χ1v) is 8.27. The number of ether oxygens (including phenoxy) is 2. The van der Waals surface area contributed by atoms with E-state index in [9.17, 15) is 8.42 Å². The summed E-state index contributed by atoms with van der Waals surface area (Å²) >= 11 is 0. The summed E-state index contributed by atoms with van der Waals surface area (Å²) in [6, 6.07) is 3.79. The van der Waals surface area contributed by atoms with Crippen LogP contribution in [0.25, 0.3) is 0 Å². The summed E-state index contributed by atoms with van der Waals surface area (Å²) in [6.45, 7) is 4.20. The van der Waals surface area contributed by atoms with Crippen LogP contribution in [-0.2, 0) is 16.4 Å². The lowest BCUT2D eigenvalue weighted by atomic mass is 10.0. The fourth-order valence-corrected chi connectivity index (χ4v) is 3.07. The number of hydrogen-bond donors (Lipinski definition) is 1. The van der Waals surface area contributed by atoms with Gasteiger partial charge in [0.05, 0.1) is 20.0 Å². The van der Waals surface area contributed by atoms with E-state index in [4.69, 9.17) is 9.47 Å². The van der Waals surface area contributed by atoms with Crippen molar-refractivity contribution in [3.63, 3.8) is 0 Å². The highest BCUT2D eigenvalue weighted by molar-refractivity contribution is 7.89. The predicted molar refractivity (Wildman–Crippen MR) is 80.1 cm³/mol. The molecule has 0 spiro atoms. The van der Waals surface area contributed by atoms with Crippen LogP contribution in [0.15, 0.2) is 12.1 Å². The Morgan fingerprint density at radius 1 is 1.15 bits per heavy atom. The molecule has 0 atom stereocenters. The second kappa shape index (κ2) is 7.50. The van der Waals surface area contributed by atoms with Crippen LogP contribution in [0, 0.1) is 6.92 Å². The van der Waals surface area contributed by atoms with Gasteiger partial charge in [-0.15, -0.1) is 0 Å². The Morgan fingerprint density at radius 2 is 1.75 bits per heavy atom. The zero-order valence-electron chi connectivity index (χ0n) is 12.5. The third-order valence-corrected chi connectivity index (χ3v) is 4.62. The first-order chi connectivity index (χ1) is 9.43. The van der Waals surface area contributed by atoms with Crippen molar-refractivity contribution in [1.82, 2.24) is 4.72 Å². The lowest BCUT2D eigenvalue weighted by Crippen LogP contribution is -2.28. The van der Waals surface area contributed by atoms with Gasteiger partial charge < -0.3 is 9.47 Å². The first-order valence-electron chi connectivity index (χ1n) is 6.62. The number of hydrogen-bond acceptors (Lipinski definition) is 4. The maximum absolute atomic E-state index is 11.6. The van der Waals surface area contributed by atoms with E-state index < -0.39 is 10.0 Å². The topological polar surface area (TPSA) is 64.6 Å². The van der Waals surface area contributed by atoms with Crippen molar-refractivity contribution < 1.29 is 17.9 Å². The van der Waals surface area contributed by atoms with E-state index in [0.29, 0.717) is 30.9 Å². The van der Waals surface area contributed by atoms with Crippen molar-refractivity contribution in [3.8, 4) is 11.5 Å². The third kappa shape index (κ3) is 4.68. The van der Waals surface area contributed by atoms with Crippen LogP contribution in [-0.4, -0.2) is 34.9 Å². The summed E-state index contributed by atoms with van der Waals surface area (Å²) in [7, 11) is 0.0283. The van der Waals surface area contributed by atoms with Crippen LogP contribution in [0.3, 0.4) is 0 Å². The van der Waals surface area contributed by atoms with Crippen molar-refractivity contribution in [2.24, 2.45) is 0 Å². The smallest absolute Gasteiger partial charge is 0.211 e. The number of methoxy groups -OCH3 is 2. The molecule has 0 amide bonds. The third-order valence-electron chi connectivity index (χ3n) is 3.03. The molecule has 6 heteroatoms. The van der Waals surface area contributed by atoms with Gasteiger partial charge in [-0.05, 0) is 43.0 Å². The monoisotopic (exact) mass is 301 g/mol. The summed E-state index contributed by atoms with van der Waals surface area (Å²) in [5.74, 6) is 1.50. The molecule has 0 aromatic heterocycles. The Bertz CT molecular complexity index is 540. The normalized spacial score (nSPS) is 11.4. The maximum atomic E-state index is 11.6. The molecule has 0 aliphatic heterocycles. The zero-order valence-corrected chi connectivity index (χ0v) is 13.3. The van der Waals surface area contributed by atoms with E-state index in [1.54, 1.807) is 14.2 Å². The van der Waals surface area contributed by atoms with Crippen molar-refractivity contribution in [2.75, 3.05) is 26.5 Å². The largest absolute Gasteiger partial charge is 0.493 e. The maximum Gasteiger partial charge on any atom is 0.211 e. The zero-order chi connectivity index (χ0) is 15.2. The van der Waals surface area contributed by atoms with E-state index in [0.717, 1.165) is 11.1 Å². The molecule has 0 heterocycles. The molecule has 0 radical (unpaired) electrons. The van der Waals surface area contributed by atoms with Gasteiger partial charge >= 0.3 is 0 Å². The molecule has 0 unspecified atom stereocenters. The molecule has 1 aromatic rings. The molecule has 114 valence electrons. The Balaban J connectivity index is 2.74. The number of rotatable bonds is 8. The Kier molecular flexibility index (Phi) is 6.29. The summed E-state index contributed by atoms with van der Waals surface area (Å²) in [6.07, 6.45) is 1.24. The number of aryl methyl sites for hydroxylation is 1. The lowest BCUT2D eigenvalue weighted by Gasteiger charge is -2.13.